The molecular formula is C3H7N3O4. The summed E-state index contributed by atoms with van der Waals surface area (Å²) in [5.74, 6) is -1.32. The average Bonchev–Trinajstić information content (AvgIpc) is 1.87. The van der Waals surface area contributed by atoms with Gasteiger partial charge in [-0.2, -0.15) is 0 Å². The smallest absolute Gasteiger partial charge is 0.327 e. The number of hydrogen-bond acceptors (Lipinski definition) is 4. The Labute approximate surface area is 55.9 Å². The van der Waals surface area contributed by atoms with Gasteiger partial charge < -0.3 is 21.3 Å². The van der Waals surface area contributed by atoms with Crippen LogP contribution in [-0.4, -0.2) is 33.7 Å². The van der Waals surface area contributed by atoms with Gasteiger partial charge in [0.25, 0.3) is 0 Å². The molecule has 4 N–H and O–H groups in total. The van der Waals surface area contributed by atoms with Gasteiger partial charge in [-0.3, -0.25) is 4.79 Å². The van der Waals surface area contributed by atoms with Crippen LogP contribution < -0.4 is 5.73 Å². The Morgan fingerprint density at radius 2 is 2.40 bits per heavy atom. The molecule has 0 aliphatic carbocycles. The molecular weight excluding hydrogens is 144 g/mol. The third-order valence-electron chi connectivity index (χ3n) is 0.770. The zero-order valence-corrected chi connectivity index (χ0v) is 4.97. The van der Waals surface area contributed by atoms with Crippen molar-refractivity contribution in [3.63, 3.8) is 0 Å². The Morgan fingerprint density at radius 3 is 2.70 bits per heavy atom. The fourth-order valence-electron chi connectivity index (χ4n) is 0.283. The van der Waals surface area contributed by atoms with Crippen molar-refractivity contribution in [2.75, 3.05) is 6.54 Å². The van der Waals surface area contributed by atoms with Crippen molar-refractivity contribution in [1.29, 1.82) is 0 Å². The number of carbonyl (C=O) groups is 1. The Kier molecular flexibility index (Phi) is 3.12. The summed E-state index contributed by atoms with van der Waals surface area (Å²) in [5.41, 5.74) is 4.88. The maximum Gasteiger partial charge on any atom is 0.327 e. The molecule has 0 aromatic carbocycles. The van der Waals surface area contributed by atoms with Gasteiger partial charge in [-0.25, -0.2) is 0 Å². The van der Waals surface area contributed by atoms with Gasteiger partial charge in [0.15, 0.2) is 11.3 Å². The number of carboxylic acid groups (broad SMARTS) is 1. The standard InChI is InChI=1S/C3H7N3O4/c4-2(3(7)8)1-6(10)5-9/h2,9H,1,4H2,(H,7,8)/b6-5-/i5+1,6+1. The first-order chi connectivity index (χ1) is 4.57. The van der Waals surface area contributed by atoms with Crippen LogP contribution in [0.5, 0.6) is 0 Å². The van der Waals surface area contributed by atoms with E-state index in [1.807, 2.05) is 0 Å². The molecule has 58 valence electrons. The Hall–Kier alpha value is -1.37. The molecule has 0 saturated heterocycles. The number of hydroxylamine groups is 1. The third-order valence-corrected chi connectivity index (χ3v) is 0.770. The summed E-state index contributed by atoms with van der Waals surface area (Å²) in [6, 6.07) is -1.33. The molecule has 0 aliphatic heterocycles. The molecule has 1 unspecified atom stereocenters. The van der Waals surface area contributed by atoms with E-state index in [4.69, 9.17) is 16.0 Å². The highest BCUT2D eigenvalue weighted by atomic mass is 16.9. The number of nitrogens with two attached hydrogens (primary N) is 1. The number of nitrogens with zero attached hydrogens (tertiary/aromatic N) is 2. The Morgan fingerprint density at radius 1 is 1.90 bits per heavy atom. The predicted octanol–water partition coefficient (Wildman–Crippen LogP) is -1.25. The number of rotatable bonds is 3. The van der Waals surface area contributed by atoms with Gasteiger partial charge in [-0.05, 0) is 0 Å². The predicted molar refractivity (Wildman–Crippen MR) is 28.3 cm³/mol. The minimum atomic E-state index is -1.33. The van der Waals surface area contributed by atoms with Gasteiger partial charge in [0.2, 0.25) is 6.54 Å². The van der Waals surface area contributed by atoms with E-state index in [9.17, 15) is 10.0 Å². The first-order valence-electron chi connectivity index (χ1n) is 2.36. The zero-order chi connectivity index (χ0) is 8.15. The van der Waals surface area contributed by atoms with E-state index in [1.54, 1.807) is 0 Å². The second kappa shape index (κ2) is 3.62. The van der Waals surface area contributed by atoms with Crippen LogP contribution in [0.25, 0.3) is 0 Å². The number of aliphatic carboxylic acids is 1. The van der Waals surface area contributed by atoms with Crippen LogP contribution in [0.4, 0.5) is 0 Å². The lowest BCUT2D eigenvalue weighted by Gasteiger charge is -2.01. The van der Waals surface area contributed by atoms with Crippen LogP contribution in [0.3, 0.4) is 0 Å². The van der Waals surface area contributed by atoms with Crippen molar-refractivity contribution >= 4 is 5.97 Å². The lowest BCUT2D eigenvalue weighted by Crippen LogP contribution is -2.37. The second-order valence-electron chi connectivity index (χ2n) is 1.57. The molecule has 7 heteroatoms. The average molecular weight is 151 g/mol. The van der Waals surface area contributed by atoms with Crippen LogP contribution in [0.2, 0.25) is 0 Å². The first-order valence-corrected chi connectivity index (χ1v) is 2.36. The first kappa shape index (κ1) is 8.63. The van der Waals surface area contributed by atoms with Gasteiger partial charge in [-0.1, -0.05) is 4.86 Å². The van der Waals surface area contributed by atoms with Gasteiger partial charge in [0.05, 0.1) is 0 Å². The van der Waals surface area contributed by atoms with Gasteiger partial charge >= 0.3 is 5.97 Å². The molecule has 0 radical (unpaired) electrons. The molecule has 10 heavy (non-hydrogen) atoms. The summed E-state index contributed by atoms with van der Waals surface area (Å²) in [6.07, 6.45) is 0. The van der Waals surface area contributed by atoms with Crippen molar-refractivity contribution < 1.29 is 20.0 Å². The summed E-state index contributed by atoms with van der Waals surface area (Å²) >= 11 is 0. The highest BCUT2D eigenvalue weighted by Gasteiger charge is 2.16. The molecule has 0 amide bonds. The molecule has 7 nitrogen and oxygen atoms in total. The van der Waals surface area contributed by atoms with Gasteiger partial charge in [-0.15, -0.1) is 0 Å². The third kappa shape index (κ3) is 2.82. The Bertz CT molecular complexity index is 156. The summed E-state index contributed by atoms with van der Waals surface area (Å²) in [4.78, 5) is 9.73. The molecule has 0 aromatic heterocycles. The second-order valence-corrected chi connectivity index (χ2v) is 1.57. The lowest BCUT2D eigenvalue weighted by molar-refractivity contribution is -0.556. The highest BCUT2D eigenvalue weighted by Crippen LogP contribution is 1.80. The maximum atomic E-state index is 10.1. The van der Waals surface area contributed by atoms with E-state index in [2.05, 4.69) is 5.28 Å². The highest BCUT2D eigenvalue weighted by molar-refractivity contribution is 5.73. The van der Waals surface area contributed by atoms with Crippen molar-refractivity contribution in [2.45, 2.75) is 6.04 Å². The van der Waals surface area contributed by atoms with E-state index in [-0.39, 0.29) is 4.86 Å². The summed E-state index contributed by atoms with van der Waals surface area (Å²) in [7, 11) is 0. The quantitative estimate of drug-likeness (QED) is 0.201. The van der Waals surface area contributed by atoms with Crippen molar-refractivity contribution in [2.24, 2.45) is 11.0 Å². The van der Waals surface area contributed by atoms with Crippen molar-refractivity contribution in [3.05, 3.63) is 5.21 Å². The van der Waals surface area contributed by atoms with E-state index >= 15 is 0 Å². The lowest BCUT2D eigenvalue weighted by atomic mass is 10.3. The molecule has 0 aromatic rings. The zero-order valence-electron chi connectivity index (χ0n) is 4.97. The van der Waals surface area contributed by atoms with Crippen LogP contribution in [0.1, 0.15) is 0 Å². The normalized spacial score (nSPS) is 14.7. The van der Waals surface area contributed by atoms with Crippen LogP contribution in [0.15, 0.2) is 5.28 Å². The molecule has 0 heterocycles. The fourth-order valence-corrected chi connectivity index (χ4v) is 0.283. The molecule has 0 spiro atoms. The SMILES string of the molecule is NC(C/[15N+]([O-])=[15N]/O)C(=O)O. The summed E-state index contributed by atoms with van der Waals surface area (Å²) < 4.78 is 0. The van der Waals surface area contributed by atoms with Crippen molar-refractivity contribution in [3.8, 4) is 0 Å². The Balaban J connectivity index is 3.80. The summed E-state index contributed by atoms with van der Waals surface area (Å²) in [6.45, 7) is -0.564. The fraction of sp³-hybridized carbons (Fsp3) is 0.667. The van der Waals surface area contributed by atoms with E-state index in [0.29, 0.717) is 0 Å². The molecule has 0 aliphatic rings. The van der Waals surface area contributed by atoms with Crippen LogP contribution >= 0.6 is 0 Å². The van der Waals surface area contributed by atoms with Crippen LogP contribution in [-0.2, 0) is 4.79 Å². The largest absolute Gasteiger partial charge is 0.597 e. The van der Waals surface area contributed by atoms with Gasteiger partial charge in [0.1, 0.15) is 0 Å². The maximum absolute atomic E-state index is 10.1. The molecule has 0 saturated carbocycles. The molecule has 0 bridgehead atoms. The van der Waals surface area contributed by atoms with E-state index in [1.165, 1.54) is 0 Å². The molecule has 1 atom stereocenters. The van der Waals surface area contributed by atoms with Gasteiger partial charge in [0, 0.05) is 0 Å². The van der Waals surface area contributed by atoms with Crippen LogP contribution in [0, 0.1) is 5.21 Å². The molecule has 0 rings (SSSR count). The van der Waals surface area contributed by atoms with E-state index < -0.39 is 18.6 Å². The minimum absolute atomic E-state index is 0.210. The monoisotopic (exact) mass is 151 g/mol. The molecule has 0 fully saturated rings. The van der Waals surface area contributed by atoms with Crippen molar-refractivity contribution in [1.82, 2.24) is 0 Å². The minimum Gasteiger partial charge on any atom is -0.597 e. The van der Waals surface area contributed by atoms with E-state index in [0.717, 1.165) is 0 Å². The number of hydrogen-bond donors (Lipinski definition) is 3. The number of carboxylic acids is 1. The summed E-state index contributed by atoms with van der Waals surface area (Å²) in [5, 5.41) is 28.1. The topological polar surface area (TPSA) is 122 Å².